The lowest BCUT2D eigenvalue weighted by Crippen LogP contribution is -2.52. The Kier molecular flexibility index (Phi) is 6.66. The molecule has 4 aromatic rings. The maximum absolute atomic E-state index is 13.2. The maximum atomic E-state index is 13.2. The predicted molar refractivity (Wildman–Crippen MR) is 145 cm³/mol. The summed E-state index contributed by atoms with van der Waals surface area (Å²) in [7, 11) is 0. The molecule has 0 bridgehead atoms. The number of anilines is 2. The summed E-state index contributed by atoms with van der Waals surface area (Å²) < 4.78 is 8.15. The first-order chi connectivity index (χ1) is 17.9. The number of nitrogens with zero attached hydrogens (tertiary/aromatic N) is 2. The van der Waals surface area contributed by atoms with Crippen LogP contribution in [-0.4, -0.2) is 50.1 Å². The fourth-order valence-electron chi connectivity index (χ4n) is 3.97. The van der Waals surface area contributed by atoms with Crippen molar-refractivity contribution in [2.24, 2.45) is 4.99 Å². The molecule has 2 heterocycles. The molecule has 3 aromatic carbocycles. The number of aromatic amines is 2. The van der Waals surface area contributed by atoms with Crippen LogP contribution in [0.15, 0.2) is 77.8 Å². The summed E-state index contributed by atoms with van der Waals surface area (Å²) in [6.07, 6.45) is 1.26. The standard InChI is InChI=1S/C25H20N6O4S2/c32-22-18-10-9-15(11-19(18)28-21(23(33)34)20(22)27-14-5-2-1-3-6-14)26-13-35-17-8-4-7-16(12-17)31-24(36)29-30-25(31)37/h1-13,20-21,27-28H,(H,29,36)(H,30,37)(H,33,34). The molecule has 37 heavy (non-hydrogen) atoms. The SMILES string of the molecule is O=C(O)C1Nc2cc(N=COc3cccc(-n4c(=S)[nH][nH]c4=S)c3)ccc2C(=O)C1Nc1ccccc1. The zero-order valence-corrected chi connectivity index (χ0v) is 20.7. The Bertz CT molecular complexity index is 1600. The molecule has 2 atom stereocenters. The summed E-state index contributed by atoms with van der Waals surface area (Å²) in [6.45, 7) is 0. The van der Waals surface area contributed by atoms with Crippen molar-refractivity contribution in [1.29, 1.82) is 0 Å². The number of hydrogen-bond acceptors (Lipinski definition) is 8. The first-order valence-electron chi connectivity index (χ1n) is 11.1. The molecule has 0 amide bonds. The lowest BCUT2D eigenvalue weighted by molar-refractivity contribution is -0.138. The number of carboxylic acid groups (broad SMARTS) is 1. The highest BCUT2D eigenvalue weighted by atomic mass is 32.1. The Balaban J connectivity index is 1.34. The lowest BCUT2D eigenvalue weighted by atomic mass is 9.91. The van der Waals surface area contributed by atoms with Gasteiger partial charge in [0.05, 0.1) is 11.4 Å². The number of H-pyrrole nitrogens is 2. The Hall–Kier alpha value is -4.55. The number of para-hydroxylation sites is 1. The van der Waals surface area contributed by atoms with Crippen LogP contribution in [0.5, 0.6) is 5.75 Å². The third-order valence-corrected chi connectivity index (χ3v) is 6.28. The van der Waals surface area contributed by atoms with E-state index in [0.29, 0.717) is 43.6 Å². The number of Topliss-reactive ketones (excluding diaryl/α,β-unsaturated/α-hetero) is 1. The molecule has 0 fully saturated rings. The molecular weight excluding hydrogens is 512 g/mol. The topological polar surface area (TPSA) is 137 Å². The summed E-state index contributed by atoms with van der Waals surface area (Å²) >= 11 is 10.5. The van der Waals surface area contributed by atoms with E-state index in [1.54, 1.807) is 65.2 Å². The summed E-state index contributed by atoms with van der Waals surface area (Å²) in [5, 5.41) is 21.3. The molecule has 0 saturated heterocycles. The number of nitrogens with one attached hydrogen (secondary N) is 4. The first-order valence-corrected chi connectivity index (χ1v) is 11.9. The second kappa shape index (κ2) is 10.2. The van der Waals surface area contributed by atoms with E-state index >= 15 is 0 Å². The summed E-state index contributed by atoms with van der Waals surface area (Å²) in [5.41, 5.74) is 2.60. The third kappa shape index (κ3) is 5.06. The molecule has 5 rings (SSSR count). The highest BCUT2D eigenvalue weighted by Crippen LogP contribution is 2.31. The van der Waals surface area contributed by atoms with Gasteiger partial charge < -0.3 is 20.5 Å². The van der Waals surface area contributed by atoms with Crippen LogP contribution in [-0.2, 0) is 4.79 Å². The highest BCUT2D eigenvalue weighted by Gasteiger charge is 2.39. The Labute approximate surface area is 220 Å². The van der Waals surface area contributed by atoms with Gasteiger partial charge in [0, 0.05) is 23.0 Å². The van der Waals surface area contributed by atoms with Crippen LogP contribution >= 0.6 is 24.4 Å². The van der Waals surface area contributed by atoms with Crippen LogP contribution in [0.3, 0.4) is 0 Å². The third-order valence-electron chi connectivity index (χ3n) is 5.71. The van der Waals surface area contributed by atoms with Crippen LogP contribution in [0.25, 0.3) is 5.69 Å². The number of benzene rings is 3. The molecule has 1 aliphatic rings. The second-order valence-electron chi connectivity index (χ2n) is 8.09. The molecule has 5 N–H and O–H groups in total. The summed E-state index contributed by atoms with van der Waals surface area (Å²) in [6, 6.07) is 18.9. The van der Waals surface area contributed by atoms with Gasteiger partial charge in [-0.05, 0) is 66.9 Å². The minimum absolute atomic E-state index is 0.324. The van der Waals surface area contributed by atoms with E-state index in [1.165, 1.54) is 6.40 Å². The normalized spacial score (nSPS) is 16.7. The van der Waals surface area contributed by atoms with Gasteiger partial charge in [-0.3, -0.25) is 19.6 Å². The van der Waals surface area contributed by atoms with Crippen molar-refractivity contribution < 1.29 is 19.4 Å². The molecule has 10 nitrogen and oxygen atoms in total. The van der Waals surface area contributed by atoms with E-state index in [0.717, 1.165) is 0 Å². The number of ether oxygens (including phenoxy) is 1. The smallest absolute Gasteiger partial charge is 0.328 e. The molecule has 0 spiro atoms. The van der Waals surface area contributed by atoms with Crippen molar-refractivity contribution in [1.82, 2.24) is 14.8 Å². The summed E-state index contributed by atoms with van der Waals surface area (Å²) in [4.78, 5) is 29.4. The van der Waals surface area contributed by atoms with Crippen molar-refractivity contribution in [3.63, 3.8) is 0 Å². The number of aliphatic carboxylic acids is 1. The van der Waals surface area contributed by atoms with Crippen LogP contribution in [0, 0.1) is 9.54 Å². The van der Waals surface area contributed by atoms with Gasteiger partial charge >= 0.3 is 5.97 Å². The van der Waals surface area contributed by atoms with Crippen LogP contribution in [0.1, 0.15) is 10.4 Å². The van der Waals surface area contributed by atoms with Crippen molar-refractivity contribution >= 4 is 59.7 Å². The quantitative estimate of drug-likeness (QED) is 0.129. The average Bonchev–Trinajstić information content (AvgIpc) is 3.23. The van der Waals surface area contributed by atoms with Crippen molar-refractivity contribution in [3.05, 3.63) is 87.9 Å². The van der Waals surface area contributed by atoms with Crippen LogP contribution in [0.2, 0.25) is 0 Å². The molecule has 12 heteroatoms. The minimum atomic E-state index is -1.16. The minimum Gasteiger partial charge on any atom is -0.480 e. The second-order valence-corrected chi connectivity index (χ2v) is 8.86. The largest absolute Gasteiger partial charge is 0.480 e. The number of fused-ring (bicyclic) bond motifs is 1. The number of carbonyl (C=O) groups excluding carboxylic acids is 1. The first kappa shape index (κ1) is 24.2. The van der Waals surface area contributed by atoms with Gasteiger partial charge in [-0.25, -0.2) is 9.79 Å². The van der Waals surface area contributed by atoms with Crippen molar-refractivity contribution in [2.75, 3.05) is 10.6 Å². The highest BCUT2D eigenvalue weighted by molar-refractivity contribution is 7.72. The molecule has 1 aliphatic heterocycles. The monoisotopic (exact) mass is 532 g/mol. The number of carbonyl (C=O) groups is 2. The lowest BCUT2D eigenvalue weighted by Gasteiger charge is -2.32. The van der Waals surface area contributed by atoms with Gasteiger partial charge in [-0.15, -0.1) is 0 Å². The van der Waals surface area contributed by atoms with Gasteiger partial charge in [-0.2, -0.15) is 0 Å². The Morgan fingerprint density at radius 3 is 2.51 bits per heavy atom. The van der Waals surface area contributed by atoms with Crippen LogP contribution in [0.4, 0.5) is 17.1 Å². The number of ketones is 1. The molecule has 0 radical (unpaired) electrons. The van der Waals surface area contributed by atoms with Gasteiger partial charge in [-0.1, -0.05) is 24.3 Å². The Morgan fingerprint density at radius 2 is 1.78 bits per heavy atom. The predicted octanol–water partition coefficient (Wildman–Crippen LogP) is 4.87. The molecule has 0 saturated carbocycles. The molecule has 0 aliphatic carbocycles. The van der Waals surface area contributed by atoms with E-state index in [2.05, 4.69) is 25.8 Å². The Morgan fingerprint density at radius 1 is 1.03 bits per heavy atom. The van der Waals surface area contributed by atoms with E-state index < -0.39 is 18.1 Å². The number of aliphatic imine (C=N–C) groups is 1. The van der Waals surface area contributed by atoms with E-state index in [4.69, 9.17) is 29.2 Å². The number of hydrogen-bond donors (Lipinski definition) is 5. The molecular formula is C25H20N6O4S2. The van der Waals surface area contributed by atoms with E-state index in [-0.39, 0.29) is 5.78 Å². The number of carboxylic acids is 1. The fraction of sp³-hybridized carbons (Fsp3) is 0.0800. The van der Waals surface area contributed by atoms with Crippen molar-refractivity contribution in [2.45, 2.75) is 12.1 Å². The summed E-state index contributed by atoms with van der Waals surface area (Å²) in [5.74, 6) is -0.965. The fourth-order valence-corrected chi connectivity index (χ4v) is 4.53. The molecule has 1 aromatic heterocycles. The number of aromatic nitrogens is 3. The zero-order valence-electron chi connectivity index (χ0n) is 19.0. The van der Waals surface area contributed by atoms with Crippen molar-refractivity contribution in [3.8, 4) is 11.4 Å². The van der Waals surface area contributed by atoms with Crippen LogP contribution < -0.4 is 15.4 Å². The van der Waals surface area contributed by atoms with E-state index in [9.17, 15) is 14.7 Å². The number of rotatable bonds is 7. The average molecular weight is 533 g/mol. The van der Waals surface area contributed by atoms with Gasteiger partial charge in [0.15, 0.2) is 27.8 Å². The molecule has 2 unspecified atom stereocenters. The van der Waals surface area contributed by atoms with E-state index in [1.807, 2.05) is 12.1 Å². The molecule has 186 valence electrons. The maximum Gasteiger partial charge on any atom is 0.328 e. The van der Waals surface area contributed by atoms with Gasteiger partial charge in [0.1, 0.15) is 11.8 Å². The van der Waals surface area contributed by atoms with Gasteiger partial charge in [0.25, 0.3) is 0 Å². The van der Waals surface area contributed by atoms with Gasteiger partial charge in [0.2, 0.25) is 0 Å². The zero-order chi connectivity index (χ0) is 25.9.